The Bertz CT molecular complexity index is 926. The van der Waals surface area contributed by atoms with E-state index in [-0.39, 0.29) is 11.9 Å². The summed E-state index contributed by atoms with van der Waals surface area (Å²) in [4.78, 5) is 30.2. The molecule has 2 aromatic carbocycles. The number of benzene rings is 2. The van der Waals surface area contributed by atoms with Crippen molar-refractivity contribution in [3.8, 4) is 0 Å². The highest BCUT2D eigenvalue weighted by Crippen LogP contribution is 2.36. The first kappa shape index (κ1) is 20.2. The number of rotatable bonds is 7. The topological polar surface area (TPSA) is 70.1 Å². The molecule has 0 spiro atoms. The largest absolute Gasteiger partial charge is 0.443 e. The van der Waals surface area contributed by atoms with Crippen molar-refractivity contribution in [2.24, 2.45) is 5.92 Å². The summed E-state index contributed by atoms with van der Waals surface area (Å²) in [6.07, 6.45) is 0.460. The molecular formula is C25H30N2O4. The number of aliphatic hydroxyl groups excluding tert-OH is 1. The Labute approximate surface area is 184 Å². The maximum absolute atomic E-state index is 14.0. The molecule has 164 valence electrons. The number of cyclic esters (lactones) is 1. The second-order valence-corrected chi connectivity index (χ2v) is 8.60. The third kappa shape index (κ3) is 4.36. The molecule has 0 aromatic heterocycles. The minimum atomic E-state index is -0.690. The summed E-state index contributed by atoms with van der Waals surface area (Å²) in [7, 11) is 1.99. The Morgan fingerprint density at radius 1 is 1.19 bits per heavy atom. The molecule has 0 bridgehead atoms. The van der Waals surface area contributed by atoms with Crippen LogP contribution in [-0.2, 0) is 16.0 Å². The summed E-state index contributed by atoms with van der Waals surface area (Å²) < 4.78 is 13.4. The lowest BCUT2D eigenvalue weighted by Crippen LogP contribution is -2.50. The number of hydrogen-bond donors (Lipinski definition) is 1. The molecule has 2 aliphatic rings. The molecule has 1 N–H and O–H groups in total. The van der Waals surface area contributed by atoms with Crippen molar-refractivity contribution < 1.29 is 19.4 Å². The van der Waals surface area contributed by atoms with Crippen LogP contribution in [0.3, 0.4) is 0 Å². The fourth-order valence-electron chi connectivity index (χ4n) is 4.91. The Hall–Kier alpha value is -2.70. The highest BCUT2D eigenvalue weighted by Gasteiger charge is 2.48. The molecule has 2 aliphatic heterocycles. The number of hydrogen-bond acceptors (Lipinski definition) is 5. The number of aliphatic hydroxyl groups is 1. The lowest BCUT2D eigenvalue weighted by Gasteiger charge is -2.33. The van der Waals surface area contributed by atoms with E-state index >= 15 is 0 Å². The van der Waals surface area contributed by atoms with Crippen LogP contribution in [0.15, 0.2) is 60.7 Å². The van der Waals surface area contributed by atoms with Crippen molar-refractivity contribution in [3.05, 3.63) is 71.8 Å². The summed E-state index contributed by atoms with van der Waals surface area (Å²) in [5.41, 5.74) is 1.81. The molecule has 0 aliphatic carbocycles. The van der Waals surface area contributed by atoms with Gasteiger partial charge in [-0.15, -0.1) is 0 Å². The van der Waals surface area contributed by atoms with Gasteiger partial charge in [-0.05, 0) is 50.9 Å². The van der Waals surface area contributed by atoms with Crippen LogP contribution < -0.4 is 0 Å². The SMILES string of the molecule is [3H]OC(C(Cc1ccccc1)C(=O)N1C(=O)O[C@H](C)[C@@H]1c1ccccc1)C1CCCN1C. The van der Waals surface area contributed by atoms with Gasteiger partial charge < -0.3 is 14.7 Å². The number of likely N-dealkylation sites (tertiary alicyclic amines) is 1. The first-order chi connectivity index (χ1) is 15.5. The standard InChI is InChI=1S/C25H30N2O4/c1-17-22(19-12-7-4-8-13-19)27(25(30)31-17)24(29)20(16-18-10-5-3-6-11-18)23(28)21-14-9-15-26(21)2/h3-8,10-13,17,20-23,28H,9,14-16H2,1-2H3/t17-,20?,21?,22-,23?/m1/s1/i28T. The summed E-state index contributed by atoms with van der Waals surface area (Å²) in [6.45, 7) is 2.70. The van der Waals surface area contributed by atoms with Gasteiger partial charge in [0.05, 0.1) is 12.0 Å². The molecule has 3 unspecified atom stereocenters. The zero-order valence-electron chi connectivity index (χ0n) is 19.0. The lowest BCUT2D eigenvalue weighted by atomic mass is 9.87. The minimum Gasteiger partial charge on any atom is -0.443 e. The Kier molecular flexibility index (Phi) is 6.00. The summed E-state index contributed by atoms with van der Waals surface area (Å²) in [5.74, 6) is -1.04. The van der Waals surface area contributed by atoms with Crippen LogP contribution >= 0.6 is 0 Å². The smallest absolute Gasteiger partial charge is 0.417 e. The van der Waals surface area contributed by atoms with Gasteiger partial charge in [-0.1, -0.05) is 60.7 Å². The number of ether oxygens (including phenoxy) is 1. The Morgan fingerprint density at radius 2 is 1.87 bits per heavy atom. The molecule has 2 saturated heterocycles. The molecule has 6 heteroatoms. The molecule has 6 nitrogen and oxygen atoms in total. The fourth-order valence-corrected chi connectivity index (χ4v) is 4.91. The maximum Gasteiger partial charge on any atom is 0.417 e. The lowest BCUT2D eigenvalue weighted by molar-refractivity contribution is -0.139. The molecule has 4 rings (SSSR count). The summed E-state index contributed by atoms with van der Waals surface area (Å²) >= 11 is 0. The van der Waals surface area contributed by atoms with Gasteiger partial charge in [0.1, 0.15) is 12.1 Å². The zero-order chi connectivity index (χ0) is 22.7. The summed E-state index contributed by atoms with van der Waals surface area (Å²) in [5, 5.41) is 5.23. The number of carbonyl (C=O) groups is 2. The second kappa shape index (κ2) is 9.20. The normalized spacial score (nSPS) is 26.4. The highest BCUT2D eigenvalue weighted by molar-refractivity contribution is 5.95. The van der Waals surface area contributed by atoms with Crippen LogP contribution in [0.5, 0.6) is 0 Å². The van der Waals surface area contributed by atoms with Crippen LogP contribution in [0.2, 0.25) is 0 Å². The van der Waals surface area contributed by atoms with E-state index in [9.17, 15) is 9.59 Å². The average molecular weight is 425 g/mol. The fraction of sp³-hybridized carbons (Fsp3) is 0.440. The van der Waals surface area contributed by atoms with E-state index in [0.717, 1.165) is 30.5 Å². The molecule has 2 amide bonds. The first-order valence-corrected chi connectivity index (χ1v) is 11.0. The molecule has 2 aromatic rings. The van der Waals surface area contributed by atoms with Gasteiger partial charge in [0.2, 0.25) is 7.34 Å². The zero-order valence-corrected chi connectivity index (χ0v) is 18.0. The van der Waals surface area contributed by atoms with Crippen molar-refractivity contribution in [1.82, 2.24) is 9.80 Å². The molecular weight excluding hydrogens is 392 g/mol. The number of imide groups is 1. The van der Waals surface area contributed by atoms with Gasteiger partial charge >= 0.3 is 6.09 Å². The third-order valence-corrected chi connectivity index (χ3v) is 6.55. The number of likely N-dealkylation sites (N-methyl/N-ethyl adjacent to an activating group) is 1. The van der Waals surface area contributed by atoms with Crippen LogP contribution in [0, 0.1) is 5.92 Å². The quantitative estimate of drug-likeness (QED) is 0.738. The molecule has 2 heterocycles. The van der Waals surface area contributed by atoms with E-state index in [2.05, 4.69) is 4.90 Å². The monoisotopic (exact) mass is 424 g/mol. The van der Waals surface area contributed by atoms with E-state index in [1.807, 2.05) is 67.7 Å². The van der Waals surface area contributed by atoms with Crippen molar-refractivity contribution in [2.75, 3.05) is 13.6 Å². The Morgan fingerprint density at radius 3 is 2.48 bits per heavy atom. The maximum atomic E-state index is 14.0. The van der Waals surface area contributed by atoms with E-state index in [4.69, 9.17) is 11.3 Å². The third-order valence-electron chi connectivity index (χ3n) is 6.55. The predicted octanol–water partition coefficient (Wildman–Crippen LogP) is 3.41. The van der Waals surface area contributed by atoms with Gasteiger partial charge in [-0.25, -0.2) is 9.69 Å². The molecule has 5 atom stereocenters. The Balaban J connectivity index is 1.70. The van der Waals surface area contributed by atoms with E-state index in [0.29, 0.717) is 6.42 Å². The number of carbonyl (C=O) groups excluding carboxylic acids is 2. The molecule has 31 heavy (non-hydrogen) atoms. The van der Waals surface area contributed by atoms with Crippen molar-refractivity contribution in [3.63, 3.8) is 0 Å². The van der Waals surface area contributed by atoms with Gasteiger partial charge in [-0.3, -0.25) is 4.79 Å². The van der Waals surface area contributed by atoms with Crippen LogP contribution in [0.4, 0.5) is 4.79 Å². The van der Waals surface area contributed by atoms with Crippen molar-refractivity contribution >= 4 is 12.0 Å². The summed E-state index contributed by atoms with van der Waals surface area (Å²) in [6, 6.07) is 18.6. The second-order valence-electron chi connectivity index (χ2n) is 8.60. The number of nitrogens with zero attached hydrogens (tertiary/aromatic N) is 2. The highest BCUT2D eigenvalue weighted by atomic mass is 16.6. The van der Waals surface area contributed by atoms with Gasteiger partial charge in [0.25, 0.3) is 0 Å². The van der Waals surface area contributed by atoms with E-state index < -0.39 is 30.3 Å². The molecule has 0 radical (unpaired) electrons. The average Bonchev–Trinajstić information content (AvgIpc) is 3.36. The number of amides is 2. The van der Waals surface area contributed by atoms with Crippen molar-refractivity contribution in [2.45, 2.75) is 50.5 Å². The minimum absolute atomic E-state index is 0.0589. The molecule has 0 saturated carbocycles. The van der Waals surface area contributed by atoms with Crippen LogP contribution in [-0.4, -0.2) is 60.2 Å². The van der Waals surface area contributed by atoms with Gasteiger partial charge in [-0.2, -0.15) is 0 Å². The van der Waals surface area contributed by atoms with Crippen LogP contribution in [0.25, 0.3) is 0 Å². The van der Waals surface area contributed by atoms with Crippen molar-refractivity contribution in [1.29, 1.82) is 1.43 Å². The predicted molar refractivity (Wildman–Crippen MR) is 117 cm³/mol. The van der Waals surface area contributed by atoms with Crippen LogP contribution in [0.1, 0.15) is 36.9 Å². The van der Waals surface area contributed by atoms with Gasteiger partial charge in [0.15, 0.2) is 0 Å². The van der Waals surface area contributed by atoms with E-state index in [1.165, 1.54) is 4.90 Å². The molecule has 2 fully saturated rings. The van der Waals surface area contributed by atoms with Gasteiger partial charge in [0, 0.05) is 6.04 Å². The van der Waals surface area contributed by atoms with E-state index in [1.54, 1.807) is 6.92 Å². The first-order valence-electron chi connectivity index (χ1n) is 11.4.